The zero-order chi connectivity index (χ0) is 22.6. The maximum absolute atomic E-state index is 12.9. The first-order valence-electron chi connectivity index (χ1n) is 9.30. The molecule has 0 spiro atoms. The summed E-state index contributed by atoms with van der Waals surface area (Å²) in [5, 5.41) is 2.60. The van der Waals surface area contributed by atoms with E-state index >= 15 is 0 Å². The highest BCUT2D eigenvalue weighted by atomic mass is 32.2. The number of benzene rings is 2. The number of nitrogens with zero attached hydrogens (tertiary/aromatic N) is 1. The van der Waals surface area contributed by atoms with Gasteiger partial charge in [0.1, 0.15) is 5.75 Å². The topological polar surface area (TPSA) is 131 Å². The largest absolute Gasteiger partial charge is 0.495 e. The number of anilines is 1. The molecule has 0 aromatic heterocycles. The Kier molecular flexibility index (Phi) is 6.96. The Morgan fingerprint density at radius 3 is 2.39 bits per heavy atom. The first-order valence-corrected chi connectivity index (χ1v) is 12.2. The van der Waals surface area contributed by atoms with Crippen LogP contribution in [0.2, 0.25) is 0 Å². The van der Waals surface area contributed by atoms with Gasteiger partial charge in [0.15, 0.2) is 0 Å². The van der Waals surface area contributed by atoms with Crippen LogP contribution >= 0.6 is 0 Å². The van der Waals surface area contributed by atoms with Crippen molar-refractivity contribution < 1.29 is 31.1 Å². The van der Waals surface area contributed by atoms with Crippen molar-refractivity contribution in [2.24, 2.45) is 0 Å². The van der Waals surface area contributed by atoms with Crippen LogP contribution in [0.15, 0.2) is 52.3 Å². The van der Waals surface area contributed by atoms with Gasteiger partial charge in [-0.05, 0) is 43.4 Å². The molecule has 0 unspecified atom stereocenters. The third kappa shape index (κ3) is 5.05. The Morgan fingerprint density at radius 2 is 1.74 bits per heavy atom. The van der Waals surface area contributed by atoms with Crippen molar-refractivity contribution in [1.29, 1.82) is 0 Å². The highest BCUT2D eigenvalue weighted by Gasteiger charge is 2.27. The molecule has 1 aliphatic heterocycles. The summed E-state index contributed by atoms with van der Waals surface area (Å²) in [6.07, 6.45) is 0. The van der Waals surface area contributed by atoms with E-state index < -0.39 is 26.0 Å². The standard InChI is InChI=1S/C19H23N3O7S2/c1-20-30(24,25)15-5-3-4-14(12-15)19(23)21-17-13-16(6-7-18(17)28-2)31(26,27)22-8-10-29-11-9-22/h3-7,12-13,20H,8-11H2,1-2H3,(H,21,23). The molecule has 1 fully saturated rings. The van der Waals surface area contributed by atoms with E-state index in [1.165, 1.54) is 60.9 Å². The van der Waals surface area contributed by atoms with Crippen molar-refractivity contribution in [1.82, 2.24) is 9.03 Å². The molecule has 2 aromatic rings. The lowest BCUT2D eigenvalue weighted by Gasteiger charge is -2.26. The third-order valence-electron chi connectivity index (χ3n) is 4.70. The van der Waals surface area contributed by atoms with Crippen LogP contribution < -0.4 is 14.8 Å². The summed E-state index contributed by atoms with van der Waals surface area (Å²) in [6, 6.07) is 9.64. The van der Waals surface area contributed by atoms with Crippen LogP contribution in [0.4, 0.5) is 5.69 Å². The summed E-state index contributed by atoms with van der Waals surface area (Å²) < 4.78 is 63.8. The van der Waals surface area contributed by atoms with Crippen LogP contribution in [-0.4, -0.2) is 67.5 Å². The van der Waals surface area contributed by atoms with Gasteiger partial charge in [0.05, 0.1) is 35.8 Å². The fraction of sp³-hybridized carbons (Fsp3) is 0.316. The molecule has 0 radical (unpaired) electrons. The van der Waals surface area contributed by atoms with Crippen molar-refractivity contribution in [3.8, 4) is 5.75 Å². The fourth-order valence-corrected chi connectivity index (χ4v) is 5.21. The second kappa shape index (κ2) is 9.32. The number of sulfonamides is 2. The van der Waals surface area contributed by atoms with Gasteiger partial charge in [-0.25, -0.2) is 21.6 Å². The predicted octanol–water partition coefficient (Wildman–Crippen LogP) is 0.877. The van der Waals surface area contributed by atoms with Crippen LogP contribution in [0.5, 0.6) is 5.75 Å². The number of rotatable bonds is 7. The molecule has 1 amide bonds. The SMILES string of the molecule is CNS(=O)(=O)c1cccc(C(=O)Nc2cc(S(=O)(=O)N3CCOCC3)ccc2OC)c1. The lowest BCUT2D eigenvalue weighted by atomic mass is 10.2. The van der Waals surface area contributed by atoms with Crippen molar-refractivity contribution in [2.45, 2.75) is 9.79 Å². The van der Waals surface area contributed by atoms with E-state index in [0.717, 1.165) is 0 Å². The molecule has 2 N–H and O–H groups in total. The smallest absolute Gasteiger partial charge is 0.255 e. The number of methoxy groups -OCH3 is 1. The first-order chi connectivity index (χ1) is 14.7. The van der Waals surface area contributed by atoms with Crippen molar-refractivity contribution >= 4 is 31.6 Å². The van der Waals surface area contributed by atoms with Gasteiger partial charge in [-0.2, -0.15) is 4.31 Å². The Bertz CT molecular complexity index is 1170. The zero-order valence-electron chi connectivity index (χ0n) is 17.0. The number of hydrogen-bond acceptors (Lipinski definition) is 7. The van der Waals surface area contributed by atoms with Gasteiger partial charge in [-0.1, -0.05) is 6.07 Å². The molecule has 1 heterocycles. The van der Waals surface area contributed by atoms with Crippen LogP contribution in [0, 0.1) is 0 Å². The summed E-state index contributed by atoms with van der Waals surface area (Å²) in [5.74, 6) is -0.361. The normalized spacial score (nSPS) is 15.4. The van der Waals surface area contributed by atoms with E-state index in [2.05, 4.69) is 10.0 Å². The van der Waals surface area contributed by atoms with Gasteiger partial charge >= 0.3 is 0 Å². The average Bonchev–Trinajstić information content (AvgIpc) is 2.79. The third-order valence-corrected chi connectivity index (χ3v) is 8.01. The van der Waals surface area contributed by atoms with Crippen LogP contribution in [0.25, 0.3) is 0 Å². The van der Waals surface area contributed by atoms with Gasteiger partial charge in [0, 0.05) is 18.7 Å². The minimum absolute atomic E-state index is 0.00277. The van der Waals surface area contributed by atoms with Gasteiger partial charge in [-0.15, -0.1) is 0 Å². The molecule has 31 heavy (non-hydrogen) atoms. The van der Waals surface area contributed by atoms with E-state index in [1.807, 2.05) is 0 Å². The summed E-state index contributed by atoms with van der Waals surface area (Å²) >= 11 is 0. The van der Waals surface area contributed by atoms with Crippen molar-refractivity contribution in [3.63, 3.8) is 0 Å². The number of hydrogen-bond donors (Lipinski definition) is 2. The fourth-order valence-electron chi connectivity index (χ4n) is 3.00. The molecule has 0 aliphatic carbocycles. The predicted molar refractivity (Wildman–Crippen MR) is 113 cm³/mol. The molecule has 12 heteroatoms. The Balaban J connectivity index is 1.91. The highest BCUT2D eigenvalue weighted by molar-refractivity contribution is 7.89. The number of carbonyl (C=O) groups is 1. The summed E-state index contributed by atoms with van der Waals surface area (Å²) in [4.78, 5) is 12.7. The van der Waals surface area contributed by atoms with E-state index in [9.17, 15) is 21.6 Å². The highest BCUT2D eigenvalue weighted by Crippen LogP contribution is 2.30. The van der Waals surface area contributed by atoms with Gasteiger partial charge < -0.3 is 14.8 Å². The quantitative estimate of drug-likeness (QED) is 0.615. The second-order valence-corrected chi connectivity index (χ2v) is 10.4. The Labute approximate surface area is 181 Å². The number of amides is 1. The molecular weight excluding hydrogens is 446 g/mol. The monoisotopic (exact) mass is 469 g/mol. The van der Waals surface area contributed by atoms with Gasteiger partial charge in [0.25, 0.3) is 5.91 Å². The summed E-state index contributed by atoms with van der Waals surface area (Å²) in [5.41, 5.74) is 0.225. The summed E-state index contributed by atoms with van der Waals surface area (Å²) in [6.45, 7) is 1.10. The van der Waals surface area contributed by atoms with Crippen molar-refractivity contribution in [3.05, 3.63) is 48.0 Å². The molecule has 3 rings (SSSR count). The molecule has 1 saturated heterocycles. The Morgan fingerprint density at radius 1 is 1.03 bits per heavy atom. The number of nitrogens with one attached hydrogen (secondary N) is 2. The lowest BCUT2D eigenvalue weighted by Crippen LogP contribution is -2.40. The van der Waals surface area contributed by atoms with Crippen LogP contribution in [0.1, 0.15) is 10.4 Å². The molecule has 10 nitrogen and oxygen atoms in total. The van der Waals surface area contributed by atoms with Crippen molar-refractivity contribution in [2.75, 3.05) is 45.8 Å². The first kappa shape index (κ1) is 23.2. The van der Waals surface area contributed by atoms with E-state index in [-0.39, 0.29) is 39.9 Å². The van der Waals surface area contributed by atoms with Gasteiger partial charge in [0.2, 0.25) is 20.0 Å². The van der Waals surface area contributed by atoms with E-state index in [1.54, 1.807) is 0 Å². The second-order valence-electron chi connectivity index (χ2n) is 6.57. The van der Waals surface area contributed by atoms with E-state index in [4.69, 9.17) is 9.47 Å². The average molecular weight is 470 g/mol. The van der Waals surface area contributed by atoms with Crippen LogP contribution in [-0.2, 0) is 24.8 Å². The summed E-state index contributed by atoms with van der Waals surface area (Å²) in [7, 11) is -4.85. The molecule has 0 saturated carbocycles. The molecule has 2 aromatic carbocycles. The van der Waals surface area contributed by atoms with E-state index in [0.29, 0.717) is 13.2 Å². The molecular formula is C19H23N3O7S2. The molecule has 0 atom stereocenters. The molecule has 0 bridgehead atoms. The Hall–Kier alpha value is -2.51. The lowest BCUT2D eigenvalue weighted by molar-refractivity contribution is 0.0730. The number of carbonyl (C=O) groups excluding carboxylic acids is 1. The number of ether oxygens (including phenoxy) is 2. The maximum Gasteiger partial charge on any atom is 0.255 e. The molecule has 168 valence electrons. The maximum atomic E-state index is 12.9. The minimum atomic E-state index is -3.78. The molecule has 1 aliphatic rings. The number of morpholine rings is 1. The van der Waals surface area contributed by atoms with Crippen LogP contribution in [0.3, 0.4) is 0 Å². The minimum Gasteiger partial charge on any atom is -0.495 e. The van der Waals surface area contributed by atoms with Gasteiger partial charge in [-0.3, -0.25) is 4.79 Å². The zero-order valence-corrected chi connectivity index (χ0v) is 18.6.